The fourth-order valence-corrected chi connectivity index (χ4v) is 1.60. The summed E-state index contributed by atoms with van der Waals surface area (Å²) in [5, 5.41) is 0. The first-order chi connectivity index (χ1) is 7.86. The highest BCUT2D eigenvalue weighted by Crippen LogP contribution is 2.31. The van der Waals surface area contributed by atoms with Crippen LogP contribution in [0.2, 0.25) is 0 Å². The molecule has 0 spiro atoms. The number of rotatable bonds is 3. The predicted molar refractivity (Wildman–Crippen MR) is 60.4 cm³/mol. The summed E-state index contributed by atoms with van der Waals surface area (Å²) < 4.78 is 50.4. The molecule has 17 heavy (non-hydrogen) atoms. The fraction of sp³-hybridized carbons (Fsp3) is 0.333. The zero-order chi connectivity index (χ0) is 13.1. The van der Waals surface area contributed by atoms with Gasteiger partial charge in [-0.2, -0.15) is 13.2 Å². The summed E-state index contributed by atoms with van der Waals surface area (Å²) in [6.45, 7) is 1.83. The van der Waals surface area contributed by atoms with Crippen molar-refractivity contribution in [2.75, 3.05) is 5.88 Å². The second-order valence-electron chi connectivity index (χ2n) is 3.56. The number of allylic oxidation sites excluding steroid dienone is 1. The highest BCUT2D eigenvalue weighted by molar-refractivity contribution is 6.19. The molecule has 0 heterocycles. The largest absolute Gasteiger partial charge is 0.416 e. The summed E-state index contributed by atoms with van der Waals surface area (Å²) in [5.41, 5.74) is -0.0611. The monoisotopic (exact) mass is 266 g/mol. The third-order valence-electron chi connectivity index (χ3n) is 2.24. The summed E-state index contributed by atoms with van der Waals surface area (Å²) >= 11 is 5.60. The molecule has 1 rings (SSSR count). The number of alkyl halides is 4. The maximum Gasteiger partial charge on any atom is 0.416 e. The van der Waals surface area contributed by atoms with Crippen LogP contribution in [0.15, 0.2) is 23.8 Å². The first kappa shape index (κ1) is 14.0. The summed E-state index contributed by atoms with van der Waals surface area (Å²) in [7, 11) is 0. The summed E-state index contributed by atoms with van der Waals surface area (Å²) in [6.07, 6.45) is -2.45. The van der Waals surface area contributed by atoms with Crippen molar-refractivity contribution in [2.45, 2.75) is 19.5 Å². The van der Waals surface area contributed by atoms with Crippen LogP contribution in [-0.4, -0.2) is 5.88 Å². The van der Waals surface area contributed by atoms with E-state index in [0.717, 1.165) is 17.7 Å². The van der Waals surface area contributed by atoms with E-state index in [1.807, 2.05) is 6.92 Å². The Kier molecular flexibility index (Phi) is 4.57. The normalized spacial score (nSPS) is 12.9. The Morgan fingerprint density at radius 1 is 1.29 bits per heavy atom. The van der Waals surface area contributed by atoms with Crippen LogP contribution in [0.5, 0.6) is 0 Å². The smallest absolute Gasteiger partial charge is 0.207 e. The molecule has 0 saturated carbocycles. The first-order valence-electron chi connectivity index (χ1n) is 5.00. The Bertz CT molecular complexity index is 415. The molecule has 0 saturated heterocycles. The molecular weight excluding hydrogens is 256 g/mol. The molecule has 0 aliphatic rings. The van der Waals surface area contributed by atoms with E-state index in [0.29, 0.717) is 12.5 Å². The van der Waals surface area contributed by atoms with Crippen molar-refractivity contribution in [2.24, 2.45) is 0 Å². The van der Waals surface area contributed by atoms with E-state index in [4.69, 9.17) is 11.6 Å². The lowest BCUT2D eigenvalue weighted by molar-refractivity contribution is -0.137. The lowest BCUT2D eigenvalue weighted by Crippen LogP contribution is -2.05. The van der Waals surface area contributed by atoms with Crippen LogP contribution < -0.4 is 0 Å². The third-order valence-corrected chi connectivity index (χ3v) is 2.59. The third kappa shape index (κ3) is 4.04. The van der Waals surface area contributed by atoms with E-state index in [2.05, 4.69) is 0 Å². The molecule has 1 aromatic carbocycles. The average molecular weight is 267 g/mol. The molecule has 0 aliphatic heterocycles. The van der Waals surface area contributed by atoms with Gasteiger partial charge in [0, 0.05) is 5.88 Å². The Morgan fingerprint density at radius 3 is 2.41 bits per heavy atom. The molecule has 0 amide bonds. The molecule has 0 unspecified atom stereocenters. The highest BCUT2D eigenvalue weighted by Gasteiger charge is 2.31. The number of benzene rings is 1. The van der Waals surface area contributed by atoms with Crippen LogP contribution in [0, 0.1) is 5.82 Å². The minimum atomic E-state index is -4.54. The average Bonchev–Trinajstić information content (AvgIpc) is 2.24. The van der Waals surface area contributed by atoms with E-state index in [-0.39, 0.29) is 11.4 Å². The molecule has 0 radical (unpaired) electrons. The van der Waals surface area contributed by atoms with Crippen LogP contribution >= 0.6 is 11.6 Å². The topological polar surface area (TPSA) is 0 Å². The fourth-order valence-electron chi connectivity index (χ4n) is 1.33. The van der Waals surface area contributed by atoms with Crippen LogP contribution in [0.3, 0.4) is 0 Å². The van der Waals surface area contributed by atoms with Gasteiger partial charge in [0.05, 0.1) is 5.56 Å². The van der Waals surface area contributed by atoms with E-state index < -0.39 is 17.6 Å². The summed E-state index contributed by atoms with van der Waals surface area (Å²) in [6, 6.07) is 2.44. The second kappa shape index (κ2) is 5.54. The lowest BCUT2D eigenvalue weighted by atomic mass is 10.1. The lowest BCUT2D eigenvalue weighted by Gasteiger charge is -2.08. The van der Waals surface area contributed by atoms with Gasteiger partial charge < -0.3 is 0 Å². The standard InChI is InChI=1S/C12H11ClF4/c1-2-8(7-13)3-9-4-10(12(15,16)17)6-11(14)5-9/h3-6H,2,7H2,1H3/b8-3-. The molecule has 0 fully saturated rings. The van der Waals surface area contributed by atoms with Crippen molar-refractivity contribution >= 4 is 17.7 Å². The van der Waals surface area contributed by atoms with Gasteiger partial charge in [-0.3, -0.25) is 0 Å². The van der Waals surface area contributed by atoms with Gasteiger partial charge in [0.2, 0.25) is 0 Å². The molecule has 0 bridgehead atoms. The van der Waals surface area contributed by atoms with Crippen molar-refractivity contribution in [1.29, 1.82) is 0 Å². The Morgan fingerprint density at radius 2 is 1.94 bits per heavy atom. The molecule has 0 aliphatic carbocycles. The first-order valence-corrected chi connectivity index (χ1v) is 5.53. The Hall–Kier alpha value is -1.03. The Labute approximate surface area is 102 Å². The predicted octanol–water partition coefficient (Wildman–Crippen LogP) is 4.88. The summed E-state index contributed by atoms with van der Waals surface area (Å²) in [4.78, 5) is 0. The van der Waals surface area contributed by atoms with Gasteiger partial charge in [-0.1, -0.05) is 18.6 Å². The van der Waals surface area contributed by atoms with Crippen molar-refractivity contribution in [3.63, 3.8) is 0 Å². The van der Waals surface area contributed by atoms with Gasteiger partial charge in [-0.05, 0) is 30.2 Å². The van der Waals surface area contributed by atoms with E-state index in [1.54, 1.807) is 0 Å². The van der Waals surface area contributed by atoms with Crippen LogP contribution in [0.4, 0.5) is 17.6 Å². The van der Waals surface area contributed by atoms with Crippen LogP contribution in [0.25, 0.3) is 6.08 Å². The zero-order valence-corrected chi connectivity index (χ0v) is 9.87. The van der Waals surface area contributed by atoms with Gasteiger partial charge in [-0.15, -0.1) is 11.6 Å². The van der Waals surface area contributed by atoms with E-state index in [1.165, 1.54) is 6.08 Å². The van der Waals surface area contributed by atoms with Gasteiger partial charge in [0.25, 0.3) is 0 Å². The minimum absolute atomic E-state index is 0.176. The van der Waals surface area contributed by atoms with Gasteiger partial charge in [-0.25, -0.2) is 4.39 Å². The molecular formula is C12H11ClF4. The maximum absolute atomic E-state index is 13.1. The SMILES string of the molecule is CC/C(=C/c1cc(F)cc(C(F)(F)F)c1)CCl. The number of hydrogen-bond donors (Lipinski definition) is 0. The van der Waals surface area contributed by atoms with E-state index in [9.17, 15) is 17.6 Å². The maximum atomic E-state index is 13.1. The summed E-state index contributed by atoms with van der Waals surface area (Å²) in [5.74, 6) is -0.690. The molecule has 1 aromatic rings. The van der Waals surface area contributed by atoms with Crippen molar-refractivity contribution < 1.29 is 17.6 Å². The molecule has 0 aromatic heterocycles. The van der Waals surface area contributed by atoms with Crippen molar-refractivity contribution in [3.05, 3.63) is 40.7 Å². The molecule has 5 heteroatoms. The minimum Gasteiger partial charge on any atom is -0.207 e. The van der Waals surface area contributed by atoms with Gasteiger partial charge in [0.1, 0.15) is 5.82 Å². The second-order valence-corrected chi connectivity index (χ2v) is 3.83. The van der Waals surface area contributed by atoms with E-state index >= 15 is 0 Å². The van der Waals surface area contributed by atoms with Crippen LogP contribution in [0.1, 0.15) is 24.5 Å². The molecule has 94 valence electrons. The zero-order valence-electron chi connectivity index (χ0n) is 9.11. The molecule has 0 nitrogen and oxygen atoms in total. The quantitative estimate of drug-likeness (QED) is 0.540. The number of hydrogen-bond acceptors (Lipinski definition) is 0. The number of halogens is 5. The van der Waals surface area contributed by atoms with Gasteiger partial charge >= 0.3 is 6.18 Å². The van der Waals surface area contributed by atoms with Gasteiger partial charge in [0.15, 0.2) is 0 Å². The van der Waals surface area contributed by atoms with Crippen molar-refractivity contribution in [1.82, 2.24) is 0 Å². The highest BCUT2D eigenvalue weighted by atomic mass is 35.5. The molecule has 0 N–H and O–H groups in total. The Balaban J connectivity index is 3.18. The van der Waals surface area contributed by atoms with Crippen LogP contribution in [-0.2, 0) is 6.18 Å². The van der Waals surface area contributed by atoms with Crippen molar-refractivity contribution in [3.8, 4) is 0 Å². The molecule has 0 atom stereocenters.